The molecule has 0 atom stereocenters. The van der Waals surface area contributed by atoms with Gasteiger partial charge in [0.25, 0.3) is 0 Å². The number of nitrogens with one attached hydrogen (secondary N) is 1. The lowest BCUT2D eigenvalue weighted by atomic mass is 10.1. The second kappa shape index (κ2) is 3.65. The maximum Gasteiger partial charge on any atom is 0.135 e. The number of rotatable bonds is 3. The van der Waals surface area contributed by atoms with E-state index in [1.807, 2.05) is 12.3 Å². The largest absolute Gasteiger partial charge is 0.367 e. The molecule has 78 valence electrons. The van der Waals surface area contributed by atoms with Gasteiger partial charge in [-0.15, -0.1) is 0 Å². The minimum Gasteiger partial charge on any atom is -0.367 e. The predicted molar refractivity (Wildman–Crippen MR) is 61.5 cm³/mol. The summed E-state index contributed by atoms with van der Waals surface area (Å²) in [6.07, 6.45) is 6.70. The third-order valence-electron chi connectivity index (χ3n) is 2.91. The molecule has 0 radical (unpaired) electrons. The zero-order valence-corrected chi connectivity index (χ0v) is 8.74. The van der Waals surface area contributed by atoms with Crippen molar-refractivity contribution < 1.29 is 0 Å². The third-order valence-corrected chi connectivity index (χ3v) is 2.91. The van der Waals surface area contributed by atoms with Gasteiger partial charge in [0, 0.05) is 30.1 Å². The predicted octanol–water partition coefficient (Wildman–Crippen LogP) is 2.24. The Hall–Kier alpha value is -1.38. The standard InChI is InChI=1S/C12H15N3/c1-3-10(11-4-2-7-13-11)12(14-8-1)15-9-5-6-9/h1,3,8-9H,2,4-7H2,(H,14,15). The number of pyridine rings is 1. The molecule has 0 unspecified atom stereocenters. The van der Waals surface area contributed by atoms with E-state index in [9.17, 15) is 0 Å². The normalized spacial score (nSPS) is 20.1. The molecule has 15 heavy (non-hydrogen) atoms. The highest BCUT2D eigenvalue weighted by Gasteiger charge is 2.23. The molecule has 1 aromatic heterocycles. The molecule has 0 amide bonds. The first kappa shape index (κ1) is 8.89. The summed E-state index contributed by atoms with van der Waals surface area (Å²) in [7, 11) is 0. The first-order valence-electron chi connectivity index (χ1n) is 5.69. The molecule has 0 bridgehead atoms. The second-order valence-corrected chi connectivity index (χ2v) is 4.25. The number of anilines is 1. The highest BCUT2D eigenvalue weighted by Crippen LogP contribution is 2.26. The first-order valence-corrected chi connectivity index (χ1v) is 5.69. The van der Waals surface area contributed by atoms with Crippen molar-refractivity contribution in [2.24, 2.45) is 4.99 Å². The van der Waals surface area contributed by atoms with Crippen LogP contribution in [0.15, 0.2) is 23.3 Å². The number of aromatic nitrogens is 1. The van der Waals surface area contributed by atoms with Crippen molar-refractivity contribution in [3.8, 4) is 0 Å². The first-order chi connectivity index (χ1) is 7.43. The SMILES string of the molecule is c1cnc(NC2CC2)c(C2=NCCC2)c1. The Morgan fingerprint density at radius 2 is 2.27 bits per heavy atom. The Balaban J connectivity index is 1.90. The highest BCUT2D eigenvalue weighted by atomic mass is 15.0. The van der Waals surface area contributed by atoms with Crippen LogP contribution in [0.2, 0.25) is 0 Å². The smallest absolute Gasteiger partial charge is 0.135 e. The van der Waals surface area contributed by atoms with Gasteiger partial charge < -0.3 is 5.32 Å². The maximum absolute atomic E-state index is 4.53. The average Bonchev–Trinajstić information content (AvgIpc) is 2.93. The van der Waals surface area contributed by atoms with E-state index in [-0.39, 0.29) is 0 Å². The molecule has 0 spiro atoms. The average molecular weight is 201 g/mol. The van der Waals surface area contributed by atoms with Crippen molar-refractivity contribution >= 4 is 11.5 Å². The number of hydrogen-bond donors (Lipinski definition) is 1. The summed E-state index contributed by atoms with van der Waals surface area (Å²) in [5.41, 5.74) is 2.44. The van der Waals surface area contributed by atoms with Gasteiger partial charge in [0.2, 0.25) is 0 Å². The summed E-state index contributed by atoms with van der Waals surface area (Å²) in [6.45, 7) is 0.979. The molecule has 3 nitrogen and oxygen atoms in total. The highest BCUT2D eigenvalue weighted by molar-refractivity contribution is 6.05. The zero-order chi connectivity index (χ0) is 10.1. The molecule has 1 aliphatic carbocycles. The van der Waals surface area contributed by atoms with Crippen LogP contribution < -0.4 is 5.32 Å². The van der Waals surface area contributed by atoms with E-state index in [1.165, 1.54) is 30.5 Å². The molecule has 1 N–H and O–H groups in total. The van der Waals surface area contributed by atoms with Gasteiger partial charge in [-0.1, -0.05) is 0 Å². The Morgan fingerprint density at radius 1 is 1.33 bits per heavy atom. The van der Waals surface area contributed by atoms with Crippen molar-refractivity contribution in [1.82, 2.24) is 4.98 Å². The summed E-state index contributed by atoms with van der Waals surface area (Å²) in [5.74, 6) is 1.03. The van der Waals surface area contributed by atoms with Crippen molar-refractivity contribution in [3.05, 3.63) is 23.9 Å². The summed E-state index contributed by atoms with van der Waals surface area (Å²) in [6, 6.07) is 4.77. The molecule has 1 aliphatic heterocycles. The van der Waals surface area contributed by atoms with E-state index >= 15 is 0 Å². The van der Waals surface area contributed by atoms with Crippen molar-refractivity contribution in [2.45, 2.75) is 31.7 Å². The third kappa shape index (κ3) is 1.87. The van der Waals surface area contributed by atoms with Crippen LogP contribution in [0.4, 0.5) is 5.82 Å². The number of nitrogens with zero attached hydrogens (tertiary/aromatic N) is 2. The Kier molecular flexibility index (Phi) is 2.16. The Labute approximate surface area is 89.6 Å². The van der Waals surface area contributed by atoms with Gasteiger partial charge in [0.1, 0.15) is 5.82 Å². The molecule has 3 rings (SSSR count). The van der Waals surface area contributed by atoms with E-state index in [0.717, 1.165) is 18.8 Å². The molecule has 0 aromatic carbocycles. The Morgan fingerprint density at radius 3 is 3.00 bits per heavy atom. The van der Waals surface area contributed by atoms with Crippen LogP contribution in [0, 0.1) is 0 Å². The van der Waals surface area contributed by atoms with Gasteiger partial charge in [-0.05, 0) is 37.8 Å². The van der Waals surface area contributed by atoms with E-state index in [4.69, 9.17) is 0 Å². The lowest BCUT2D eigenvalue weighted by molar-refractivity contribution is 0.951. The molecule has 2 heterocycles. The van der Waals surface area contributed by atoms with Gasteiger partial charge in [-0.2, -0.15) is 0 Å². The van der Waals surface area contributed by atoms with Crippen LogP contribution in [-0.2, 0) is 0 Å². The van der Waals surface area contributed by atoms with Gasteiger partial charge in [0.05, 0.1) is 0 Å². The lowest BCUT2D eigenvalue weighted by Gasteiger charge is -2.09. The minimum atomic E-state index is 0.653. The van der Waals surface area contributed by atoms with E-state index < -0.39 is 0 Å². The molecule has 1 aromatic rings. The summed E-state index contributed by atoms with van der Waals surface area (Å²) >= 11 is 0. The van der Waals surface area contributed by atoms with Crippen LogP contribution in [0.3, 0.4) is 0 Å². The molecular formula is C12H15N3. The molecule has 3 heteroatoms. The van der Waals surface area contributed by atoms with E-state index in [0.29, 0.717) is 6.04 Å². The van der Waals surface area contributed by atoms with Gasteiger partial charge in [0.15, 0.2) is 0 Å². The molecular weight excluding hydrogens is 186 g/mol. The van der Waals surface area contributed by atoms with Crippen molar-refractivity contribution in [2.75, 3.05) is 11.9 Å². The molecule has 2 aliphatic rings. The zero-order valence-electron chi connectivity index (χ0n) is 8.74. The summed E-state index contributed by atoms with van der Waals surface area (Å²) < 4.78 is 0. The lowest BCUT2D eigenvalue weighted by Crippen LogP contribution is -2.09. The van der Waals surface area contributed by atoms with E-state index in [1.54, 1.807) is 0 Å². The molecule has 1 fully saturated rings. The topological polar surface area (TPSA) is 37.3 Å². The second-order valence-electron chi connectivity index (χ2n) is 4.25. The van der Waals surface area contributed by atoms with Crippen molar-refractivity contribution in [1.29, 1.82) is 0 Å². The van der Waals surface area contributed by atoms with Crippen LogP contribution >= 0.6 is 0 Å². The van der Waals surface area contributed by atoms with Crippen LogP contribution in [-0.4, -0.2) is 23.3 Å². The Bertz CT molecular complexity index is 394. The van der Waals surface area contributed by atoms with Crippen LogP contribution in [0.25, 0.3) is 0 Å². The molecule has 0 saturated heterocycles. The fraction of sp³-hybridized carbons (Fsp3) is 0.500. The van der Waals surface area contributed by atoms with Crippen LogP contribution in [0.5, 0.6) is 0 Å². The fourth-order valence-corrected chi connectivity index (χ4v) is 1.93. The van der Waals surface area contributed by atoms with Crippen molar-refractivity contribution in [3.63, 3.8) is 0 Å². The fourth-order valence-electron chi connectivity index (χ4n) is 1.93. The van der Waals surface area contributed by atoms with Gasteiger partial charge >= 0.3 is 0 Å². The van der Waals surface area contributed by atoms with E-state index in [2.05, 4.69) is 21.4 Å². The minimum absolute atomic E-state index is 0.653. The number of aliphatic imine (C=N–C) groups is 1. The quantitative estimate of drug-likeness (QED) is 0.814. The van der Waals surface area contributed by atoms with Crippen LogP contribution in [0.1, 0.15) is 31.2 Å². The van der Waals surface area contributed by atoms with Gasteiger partial charge in [-0.25, -0.2) is 4.98 Å². The number of hydrogen-bond acceptors (Lipinski definition) is 3. The molecule has 1 saturated carbocycles. The summed E-state index contributed by atoms with van der Waals surface area (Å²) in [5, 5.41) is 3.47. The maximum atomic E-state index is 4.53. The van der Waals surface area contributed by atoms with Gasteiger partial charge in [-0.3, -0.25) is 4.99 Å². The monoisotopic (exact) mass is 201 g/mol. The summed E-state index contributed by atoms with van der Waals surface area (Å²) in [4.78, 5) is 8.94.